The molecule has 0 bridgehead atoms. The van der Waals surface area contributed by atoms with Gasteiger partial charge in [-0.3, -0.25) is 4.79 Å². The van der Waals surface area contributed by atoms with Gasteiger partial charge in [-0.25, -0.2) is 8.42 Å². The Balaban J connectivity index is 2.03. The Bertz CT molecular complexity index is 697. The molecule has 134 valence electrons. The molecule has 1 fully saturated rings. The minimum atomic E-state index is -3.01. The van der Waals surface area contributed by atoms with E-state index in [4.69, 9.17) is 4.74 Å². The van der Waals surface area contributed by atoms with Crippen LogP contribution in [0.1, 0.15) is 44.2 Å². The van der Waals surface area contributed by atoms with Gasteiger partial charge in [0.25, 0.3) is 5.91 Å². The van der Waals surface area contributed by atoms with Crippen molar-refractivity contribution < 1.29 is 17.9 Å². The highest BCUT2D eigenvalue weighted by Crippen LogP contribution is 2.24. The molecule has 1 atom stereocenters. The molecule has 0 N–H and O–H groups in total. The predicted molar refractivity (Wildman–Crippen MR) is 95.2 cm³/mol. The van der Waals surface area contributed by atoms with E-state index >= 15 is 0 Å². The number of amides is 1. The van der Waals surface area contributed by atoms with Gasteiger partial charge in [0, 0.05) is 12.6 Å². The molecule has 5 nitrogen and oxygen atoms in total. The Kier molecular flexibility index (Phi) is 5.91. The van der Waals surface area contributed by atoms with Crippen molar-refractivity contribution in [2.45, 2.75) is 46.1 Å². The van der Waals surface area contributed by atoms with E-state index in [1.807, 2.05) is 26.0 Å². The summed E-state index contributed by atoms with van der Waals surface area (Å²) in [5.74, 6) is 1.17. The van der Waals surface area contributed by atoms with Crippen molar-refractivity contribution >= 4 is 15.7 Å². The van der Waals surface area contributed by atoms with Gasteiger partial charge in [-0.05, 0) is 43.4 Å². The van der Waals surface area contributed by atoms with Crippen LogP contribution >= 0.6 is 0 Å². The third kappa shape index (κ3) is 4.50. The monoisotopic (exact) mass is 353 g/mol. The lowest BCUT2D eigenvalue weighted by Gasteiger charge is -2.27. The molecule has 1 saturated heterocycles. The van der Waals surface area contributed by atoms with E-state index in [-0.39, 0.29) is 30.1 Å². The van der Waals surface area contributed by atoms with Gasteiger partial charge < -0.3 is 9.64 Å². The van der Waals surface area contributed by atoms with E-state index in [0.29, 0.717) is 24.6 Å². The zero-order valence-corrected chi connectivity index (χ0v) is 15.7. The standard InChI is InChI=1S/C18H27NO4S/c1-5-19(16-8-9-24(21,22)12-16)18(20)11-23-17-10-15(13(2)3)7-6-14(17)4/h6-7,10,13,16H,5,8-9,11-12H2,1-4H3. The number of carbonyl (C=O) groups excluding carboxylic acids is 1. The van der Waals surface area contributed by atoms with Crippen LogP contribution in [0.5, 0.6) is 5.75 Å². The van der Waals surface area contributed by atoms with Gasteiger partial charge in [0.15, 0.2) is 16.4 Å². The Morgan fingerprint density at radius 1 is 1.38 bits per heavy atom. The Morgan fingerprint density at radius 2 is 2.08 bits per heavy atom. The summed E-state index contributed by atoms with van der Waals surface area (Å²) in [5.41, 5.74) is 2.15. The molecule has 0 saturated carbocycles. The van der Waals surface area contributed by atoms with E-state index in [1.165, 1.54) is 0 Å². The molecule has 1 aliphatic heterocycles. The minimum Gasteiger partial charge on any atom is -0.483 e. The van der Waals surface area contributed by atoms with E-state index in [2.05, 4.69) is 19.9 Å². The molecule has 1 amide bonds. The van der Waals surface area contributed by atoms with Gasteiger partial charge >= 0.3 is 0 Å². The van der Waals surface area contributed by atoms with Crippen molar-refractivity contribution in [1.29, 1.82) is 0 Å². The van der Waals surface area contributed by atoms with Crippen LogP contribution in [-0.2, 0) is 14.6 Å². The van der Waals surface area contributed by atoms with Crippen molar-refractivity contribution in [3.05, 3.63) is 29.3 Å². The second-order valence-electron chi connectivity index (χ2n) is 6.70. The van der Waals surface area contributed by atoms with Gasteiger partial charge in [-0.1, -0.05) is 26.0 Å². The van der Waals surface area contributed by atoms with Crippen molar-refractivity contribution in [1.82, 2.24) is 4.90 Å². The van der Waals surface area contributed by atoms with E-state index in [0.717, 1.165) is 11.1 Å². The topological polar surface area (TPSA) is 63.7 Å². The fourth-order valence-corrected chi connectivity index (χ4v) is 4.74. The van der Waals surface area contributed by atoms with Crippen LogP contribution in [0.25, 0.3) is 0 Å². The summed E-state index contributed by atoms with van der Waals surface area (Å²) in [6.45, 7) is 8.47. The number of rotatable bonds is 6. The highest BCUT2D eigenvalue weighted by molar-refractivity contribution is 7.91. The number of aryl methyl sites for hydroxylation is 1. The first-order valence-electron chi connectivity index (χ1n) is 8.46. The average molecular weight is 353 g/mol. The first-order valence-corrected chi connectivity index (χ1v) is 10.3. The van der Waals surface area contributed by atoms with Crippen molar-refractivity contribution in [2.75, 3.05) is 24.7 Å². The lowest BCUT2D eigenvalue weighted by atomic mass is 10.0. The highest BCUT2D eigenvalue weighted by Gasteiger charge is 2.33. The zero-order chi connectivity index (χ0) is 17.9. The number of nitrogens with zero attached hydrogens (tertiary/aromatic N) is 1. The smallest absolute Gasteiger partial charge is 0.260 e. The molecule has 24 heavy (non-hydrogen) atoms. The van der Waals surface area contributed by atoms with E-state index in [1.54, 1.807) is 4.90 Å². The fraction of sp³-hybridized carbons (Fsp3) is 0.611. The predicted octanol–water partition coefficient (Wildman–Crippen LogP) is 2.53. The minimum absolute atomic E-state index is 0.0627. The zero-order valence-electron chi connectivity index (χ0n) is 14.9. The maximum atomic E-state index is 12.5. The fourth-order valence-electron chi connectivity index (χ4n) is 3.01. The molecule has 0 aliphatic carbocycles. The van der Waals surface area contributed by atoms with Gasteiger partial charge in [0.1, 0.15) is 5.75 Å². The van der Waals surface area contributed by atoms with Gasteiger partial charge in [-0.15, -0.1) is 0 Å². The normalized spacial score (nSPS) is 19.5. The van der Waals surface area contributed by atoms with E-state index < -0.39 is 9.84 Å². The Hall–Kier alpha value is -1.56. The van der Waals surface area contributed by atoms with Crippen LogP contribution in [0, 0.1) is 6.92 Å². The lowest BCUT2D eigenvalue weighted by Crippen LogP contribution is -2.43. The van der Waals surface area contributed by atoms with Gasteiger partial charge in [0.05, 0.1) is 11.5 Å². The average Bonchev–Trinajstić information content (AvgIpc) is 2.86. The summed E-state index contributed by atoms with van der Waals surface area (Å²) >= 11 is 0. The maximum absolute atomic E-state index is 12.5. The molecule has 2 rings (SSSR count). The van der Waals surface area contributed by atoms with Crippen molar-refractivity contribution in [2.24, 2.45) is 0 Å². The van der Waals surface area contributed by atoms with Gasteiger partial charge in [0.2, 0.25) is 0 Å². The lowest BCUT2D eigenvalue weighted by molar-refractivity contribution is -0.135. The Morgan fingerprint density at radius 3 is 2.62 bits per heavy atom. The van der Waals surface area contributed by atoms with Crippen LogP contribution < -0.4 is 4.74 Å². The maximum Gasteiger partial charge on any atom is 0.260 e. The molecular weight excluding hydrogens is 326 g/mol. The van der Waals surface area contributed by atoms with Crippen LogP contribution in [0.2, 0.25) is 0 Å². The van der Waals surface area contributed by atoms with E-state index in [9.17, 15) is 13.2 Å². The second-order valence-corrected chi connectivity index (χ2v) is 8.93. The van der Waals surface area contributed by atoms with Crippen molar-refractivity contribution in [3.8, 4) is 5.75 Å². The summed E-state index contributed by atoms with van der Waals surface area (Å²) in [6, 6.07) is 5.82. The third-order valence-corrected chi connectivity index (χ3v) is 6.29. The number of sulfone groups is 1. The second kappa shape index (κ2) is 7.55. The summed E-state index contributed by atoms with van der Waals surface area (Å²) in [7, 11) is -3.01. The summed E-state index contributed by atoms with van der Waals surface area (Å²) in [6.07, 6.45) is 0.518. The Labute approximate surface area is 144 Å². The number of likely N-dealkylation sites (N-methyl/N-ethyl adjacent to an activating group) is 1. The first kappa shape index (κ1) is 18.8. The number of hydrogen-bond donors (Lipinski definition) is 0. The number of ether oxygens (including phenoxy) is 1. The third-order valence-electron chi connectivity index (χ3n) is 4.54. The molecule has 1 aromatic rings. The summed E-state index contributed by atoms with van der Waals surface area (Å²) < 4.78 is 29.0. The van der Waals surface area contributed by atoms with Crippen LogP contribution in [0.3, 0.4) is 0 Å². The quantitative estimate of drug-likeness (QED) is 0.788. The summed E-state index contributed by atoms with van der Waals surface area (Å²) in [4.78, 5) is 14.1. The number of carbonyl (C=O) groups is 1. The molecule has 0 spiro atoms. The van der Waals surface area contributed by atoms with Crippen LogP contribution in [-0.4, -0.2) is 49.9 Å². The van der Waals surface area contributed by atoms with Gasteiger partial charge in [-0.2, -0.15) is 0 Å². The molecule has 1 unspecified atom stereocenters. The molecule has 1 aliphatic rings. The number of benzene rings is 1. The van der Waals surface area contributed by atoms with Crippen LogP contribution in [0.4, 0.5) is 0 Å². The van der Waals surface area contributed by atoms with Crippen LogP contribution in [0.15, 0.2) is 18.2 Å². The number of hydrogen-bond acceptors (Lipinski definition) is 4. The molecule has 1 heterocycles. The largest absolute Gasteiger partial charge is 0.483 e. The SMILES string of the molecule is CCN(C(=O)COc1cc(C(C)C)ccc1C)C1CCS(=O)(=O)C1. The molecule has 6 heteroatoms. The molecule has 0 aromatic heterocycles. The molecular formula is C18H27NO4S. The molecule has 0 radical (unpaired) electrons. The highest BCUT2D eigenvalue weighted by atomic mass is 32.2. The van der Waals surface area contributed by atoms with Crippen molar-refractivity contribution in [3.63, 3.8) is 0 Å². The first-order chi connectivity index (χ1) is 11.2. The summed E-state index contributed by atoms with van der Waals surface area (Å²) in [5, 5.41) is 0. The molecule has 1 aromatic carbocycles.